The molecule has 1 N–H and O–H groups in total. The Bertz CT molecular complexity index is 1660. The van der Waals surface area contributed by atoms with Crippen LogP contribution in [0.2, 0.25) is 5.02 Å². The molecule has 0 bridgehead atoms. The zero-order valence-electron chi connectivity index (χ0n) is 21.9. The molecule has 3 aromatic heterocycles. The second-order valence-electron chi connectivity index (χ2n) is 8.88. The van der Waals surface area contributed by atoms with Crippen molar-refractivity contribution in [3.63, 3.8) is 0 Å². The number of nitrogens with zero attached hydrogens (tertiary/aromatic N) is 7. The van der Waals surface area contributed by atoms with Crippen molar-refractivity contribution in [2.75, 3.05) is 26.1 Å². The summed E-state index contributed by atoms with van der Waals surface area (Å²) in [4.78, 5) is 11.4. The fourth-order valence-electron chi connectivity index (χ4n) is 4.39. The van der Waals surface area contributed by atoms with Crippen LogP contribution in [0.1, 0.15) is 18.2 Å². The van der Waals surface area contributed by atoms with E-state index >= 15 is 4.39 Å². The van der Waals surface area contributed by atoms with Crippen LogP contribution in [0.3, 0.4) is 0 Å². The molecule has 0 fully saturated rings. The van der Waals surface area contributed by atoms with Gasteiger partial charge in [0.15, 0.2) is 12.0 Å². The van der Waals surface area contributed by atoms with Gasteiger partial charge in [-0.15, -0.1) is 5.10 Å². The Balaban J connectivity index is 1.48. The van der Waals surface area contributed by atoms with Crippen LogP contribution < -0.4 is 10.0 Å². The van der Waals surface area contributed by atoms with E-state index in [1.165, 1.54) is 30.4 Å². The minimum absolute atomic E-state index is 0.0842. The van der Waals surface area contributed by atoms with Gasteiger partial charge < -0.3 is 14.7 Å². The van der Waals surface area contributed by atoms with Crippen LogP contribution in [-0.4, -0.2) is 56.9 Å². The number of benzene rings is 2. The Morgan fingerprint density at radius 2 is 1.90 bits per heavy atom. The lowest BCUT2D eigenvalue weighted by Crippen LogP contribution is -2.36. The highest BCUT2D eigenvalue weighted by Gasteiger charge is 2.25. The smallest absolute Gasteiger partial charge is 0.411 e. The maximum Gasteiger partial charge on any atom is 0.411 e. The summed E-state index contributed by atoms with van der Waals surface area (Å²) < 4.78 is 28.8. The van der Waals surface area contributed by atoms with Gasteiger partial charge in [0.25, 0.3) is 0 Å². The molecule has 0 spiro atoms. The molecule has 3 heterocycles. The van der Waals surface area contributed by atoms with Gasteiger partial charge >= 0.3 is 6.09 Å². The number of amides is 1. The number of pyridine rings is 1. The van der Waals surface area contributed by atoms with Gasteiger partial charge in [-0.1, -0.05) is 23.7 Å². The first-order valence-electron chi connectivity index (χ1n) is 12.3. The fraction of sp³-hybridized carbons (Fsp3) is 0.185. The molecule has 0 saturated carbocycles. The van der Waals surface area contributed by atoms with Gasteiger partial charge in [0.05, 0.1) is 35.1 Å². The second kappa shape index (κ2) is 12.1. The van der Waals surface area contributed by atoms with E-state index in [9.17, 15) is 10.0 Å². The lowest BCUT2D eigenvalue weighted by Gasteiger charge is -2.18. The lowest BCUT2D eigenvalue weighted by atomic mass is 10.0. The van der Waals surface area contributed by atoms with Crippen LogP contribution in [0.4, 0.5) is 14.9 Å². The highest BCUT2D eigenvalue weighted by Crippen LogP contribution is 2.33. The Labute approximate surface area is 238 Å². The van der Waals surface area contributed by atoms with Gasteiger partial charge in [0.1, 0.15) is 12.4 Å². The fourth-order valence-corrected chi connectivity index (χ4v) is 4.55. The van der Waals surface area contributed by atoms with Crippen LogP contribution >= 0.6 is 11.6 Å². The molecule has 1 atom stereocenters. The summed E-state index contributed by atoms with van der Waals surface area (Å²) >= 11 is 6.08. The molecule has 2 aromatic carbocycles. The van der Waals surface area contributed by atoms with Gasteiger partial charge in [-0.3, -0.25) is 10.00 Å². The average molecular weight is 579 g/mol. The van der Waals surface area contributed by atoms with Crippen LogP contribution in [-0.2, 0) is 9.47 Å². The summed E-state index contributed by atoms with van der Waals surface area (Å²) in [7, 11) is 2.87. The van der Waals surface area contributed by atoms with Crippen molar-refractivity contribution in [1.29, 1.82) is 0 Å². The third-order valence-corrected chi connectivity index (χ3v) is 6.70. The zero-order chi connectivity index (χ0) is 28.9. The molecular formula is C27H24ClFN8O4. The number of ether oxygens (including phenoxy) is 2. The van der Waals surface area contributed by atoms with E-state index in [2.05, 4.69) is 30.7 Å². The molecule has 14 heteroatoms. The van der Waals surface area contributed by atoms with Crippen molar-refractivity contribution in [3.8, 4) is 27.9 Å². The lowest BCUT2D eigenvalue weighted by molar-refractivity contribution is -0.615. The number of rotatable bonds is 9. The van der Waals surface area contributed by atoms with Gasteiger partial charge in [-0.05, 0) is 46.3 Å². The topological polar surface area (TPSA) is 136 Å². The number of nitrogens with one attached hydrogen (secondary N) is 1. The Kier molecular flexibility index (Phi) is 8.17. The van der Waals surface area contributed by atoms with Crippen molar-refractivity contribution in [2.45, 2.75) is 12.5 Å². The van der Waals surface area contributed by atoms with Crippen LogP contribution in [0.5, 0.6) is 0 Å². The highest BCUT2D eigenvalue weighted by molar-refractivity contribution is 6.31. The number of methoxy groups -OCH3 is 2. The second-order valence-corrected chi connectivity index (χ2v) is 9.29. The molecule has 12 nitrogen and oxygen atoms in total. The molecule has 1 unspecified atom stereocenters. The summed E-state index contributed by atoms with van der Waals surface area (Å²) in [6, 6.07) is 12.9. The van der Waals surface area contributed by atoms with Crippen molar-refractivity contribution < 1.29 is 23.4 Å². The van der Waals surface area contributed by atoms with Crippen molar-refractivity contribution >= 4 is 23.4 Å². The van der Waals surface area contributed by atoms with E-state index in [0.29, 0.717) is 40.4 Å². The molecule has 210 valence electrons. The predicted octanol–water partition coefficient (Wildman–Crippen LogP) is 4.42. The summed E-state index contributed by atoms with van der Waals surface area (Å²) in [5.41, 5.74) is 3.32. The molecule has 0 aliphatic heterocycles. The Hall–Kier alpha value is -4.88. The maximum atomic E-state index is 15.2. The molecule has 0 aliphatic rings. The Morgan fingerprint density at radius 1 is 1.12 bits per heavy atom. The van der Waals surface area contributed by atoms with E-state index < -0.39 is 18.0 Å². The third-order valence-electron chi connectivity index (χ3n) is 6.41. The van der Waals surface area contributed by atoms with Crippen molar-refractivity contribution in [2.24, 2.45) is 0 Å². The summed E-state index contributed by atoms with van der Waals surface area (Å²) in [6.07, 6.45) is 6.01. The summed E-state index contributed by atoms with van der Waals surface area (Å²) in [5, 5.41) is 31.5. The molecule has 0 aliphatic carbocycles. The number of carbonyl (C=O) groups is 1. The van der Waals surface area contributed by atoms with E-state index in [1.807, 2.05) is 18.3 Å². The largest absolute Gasteiger partial charge is 0.618 e. The molecule has 5 aromatic rings. The van der Waals surface area contributed by atoms with Crippen molar-refractivity contribution in [1.82, 2.24) is 30.0 Å². The first kappa shape index (κ1) is 27.7. The Morgan fingerprint density at radius 3 is 2.59 bits per heavy atom. The van der Waals surface area contributed by atoms with E-state index in [-0.39, 0.29) is 10.6 Å². The number of halogens is 2. The standard InChI is InChI=1S/C27H24ClFN8O4/c1-40-12-11-22(35-14-19(13-31-35)17-3-6-20(7-4-17)32-27(38)41-2)23-9-5-18(15-37(23)39)25-24(36-16-30-33-34-36)10-8-21(28)26(25)29/h3-10,13-16,22H,11-12H2,1-2H3,(H,32,38). The maximum absolute atomic E-state index is 15.2. The normalized spacial score (nSPS) is 11.8. The monoisotopic (exact) mass is 578 g/mol. The number of hydrogen-bond donors (Lipinski definition) is 1. The van der Waals surface area contributed by atoms with E-state index in [4.69, 9.17) is 16.3 Å². The number of anilines is 1. The zero-order valence-corrected chi connectivity index (χ0v) is 22.7. The predicted molar refractivity (Wildman–Crippen MR) is 147 cm³/mol. The van der Waals surface area contributed by atoms with Gasteiger partial charge in [-0.2, -0.15) is 14.5 Å². The van der Waals surface area contributed by atoms with Gasteiger partial charge in [0, 0.05) is 43.7 Å². The summed E-state index contributed by atoms with van der Waals surface area (Å²) in [5.74, 6) is -0.701. The van der Waals surface area contributed by atoms with Crippen LogP contribution in [0.15, 0.2) is 73.4 Å². The molecule has 0 saturated heterocycles. The minimum atomic E-state index is -0.701. The first-order chi connectivity index (χ1) is 19.9. The minimum Gasteiger partial charge on any atom is -0.618 e. The third kappa shape index (κ3) is 5.85. The SMILES string of the molecule is COCCC(c1ccc(-c2c(-n3cnnn3)ccc(Cl)c2F)c[n+]1[O-])n1cc(-c2ccc(NC(=O)OC)cc2)cn1. The molecule has 41 heavy (non-hydrogen) atoms. The van der Waals surface area contributed by atoms with E-state index in [0.717, 1.165) is 11.1 Å². The molecule has 0 radical (unpaired) electrons. The average Bonchev–Trinajstić information content (AvgIpc) is 3.69. The van der Waals surface area contributed by atoms with E-state index in [1.54, 1.807) is 48.3 Å². The number of carbonyl (C=O) groups excluding carboxylic acids is 1. The van der Waals surface area contributed by atoms with Gasteiger partial charge in [-0.25, -0.2) is 9.18 Å². The molecule has 5 rings (SSSR count). The molecule has 1 amide bonds. The first-order valence-corrected chi connectivity index (χ1v) is 12.7. The van der Waals surface area contributed by atoms with Crippen molar-refractivity contribution in [3.05, 3.63) is 95.2 Å². The van der Waals surface area contributed by atoms with Gasteiger partial charge in [0.2, 0.25) is 5.69 Å². The number of tetrazole rings is 1. The quantitative estimate of drug-likeness (QED) is 0.200. The highest BCUT2D eigenvalue weighted by atomic mass is 35.5. The van der Waals surface area contributed by atoms with Crippen LogP contribution in [0.25, 0.3) is 27.9 Å². The summed E-state index contributed by atoms with van der Waals surface area (Å²) in [6.45, 7) is 0.363. The number of hydrogen-bond acceptors (Lipinski definition) is 8. The molecular weight excluding hydrogens is 555 g/mol. The number of aromatic nitrogens is 7. The van der Waals surface area contributed by atoms with Crippen LogP contribution in [0, 0.1) is 11.0 Å².